The molecule has 13 aromatic rings. The van der Waals surface area contributed by atoms with Gasteiger partial charge in [0, 0.05) is 114 Å². The normalized spacial score (nSPS) is 11.3. The van der Waals surface area contributed by atoms with Crippen LogP contribution in [0.1, 0.15) is 98.4 Å². The summed E-state index contributed by atoms with van der Waals surface area (Å²) in [5.74, 6) is -0.637. The second-order valence-corrected chi connectivity index (χ2v) is 30.2. The Balaban J connectivity index is 0.000000159. The van der Waals surface area contributed by atoms with E-state index in [1.165, 1.54) is 29.6 Å². The first-order valence-corrected chi connectivity index (χ1v) is 37.6. The Hall–Kier alpha value is -13.1. The maximum Gasteiger partial charge on any atom is 0.349 e. The van der Waals surface area contributed by atoms with Gasteiger partial charge in [0.05, 0.1) is 73.0 Å². The van der Waals surface area contributed by atoms with Gasteiger partial charge in [0.1, 0.15) is 26.8 Å². The molecule has 562 valence electrons. The Morgan fingerprint density at radius 2 is 0.804 bits per heavy atom. The molecule has 0 bridgehead atoms. The van der Waals surface area contributed by atoms with Crippen LogP contribution in [0.3, 0.4) is 0 Å². The third-order valence-electron chi connectivity index (χ3n) is 17.7. The molecule has 9 aromatic carbocycles. The van der Waals surface area contributed by atoms with Gasteiger partial charge in [0.2, 0.25) is 0 Å². The Labute approximate surface area is 657 Å². The van der Waals surface area contributed by atoms with Crippen molar-refractivity contribution >= 4 is 101 Å². The molecule has 0 saturated heterocycles. The molecule has 21 heteroatoms. The van der Waals surface area contributed by atoms with E-state index in [0.29, 0.717) is 65.7 Å². The molecule has 0 amide bonds. The first kappa shape index (κ1) is 81.5. The average molecular weight is 1530 g/mol. The highest BCUT2D eigenvalue weighted by Crippen LogP contribution is 2.42. The lowest BCUT2D eigenvalue weighted by Crippen LogP contribution is -2.39. The minimum atomic E-state index is -1.09. The van der Waals surface area contributed by atoms with Crippen LogP contribution in [0.15, 0.2) is 235 Å². The molecular weight excluding hydrogens is 1450 g/mol. The number of esters is 4. The van der Waals surface area contributed by atoms with Gasteiger partial charge >= 0.3 is 23.9 Å². The van der Waals surface area contributed by atoms with Crippen LogP contribution in [-0.2, 0) is 38.1 Å². The van der Waals surface area contributed by atoms with E-state index in [-0.39, 0.29) is 17.5 Å². The molecule has 13 rings (SSSR count). The van der Waals surface area contributed by atoms with Crippen LogP contribution < -0.4 is 9.47 Å². The van der Waals surface area contributed by atoms with Crippen LogP contribution in [0, 0.1) is 51.1 Å². The average Bonchev–Trinajstić information content (AvgIpc) is 0.781. The minimum Gasteiger partial charge on any atom is -0.479 e. The Bertz CT molecular complexity index is 5850. The molecule has 4 heterocycles. The number of aromatic nitrogens is 4. The third-order valence-corrected chi connectivity index (χ3v) is 20.0. The van der Waals surface area contributed by atoms with Crippen molar-refractivity contribution in [3.63, 3.8) is 0 Å². The predicted octanol–water partition coefficient (Wildman–Crippen LogP) is 20.3. The lowest BCUT2D eigenvalue weighted by molar-refractivity contribution is -0.158. The molecule has 0 spiro atoms. The summed E-state index contributed by atoms with van der Waals surface area (Å²) in [7, 11) is 0. The highest BCUT2D eigenvalue weighted by atomic mass is 32.2. The van der Waals surface area contributed by atoms with E-state index < -0.39 is 39.0 Å². The number of pyridine rings is 4. The van der Waals surface area contributed by atoms with Crippen molar-refractivity contribution in [2.24, 2.45) is 0 Å². The van der Waals surface area contributed by atoms with Crippen molar-refractivity contribution in [1.29, 1.82) is 21.0 Å². The first-order chi connectivity index (χ1) is 53.9. The number of ether oxygens (including phenoxy) is 6. The van der Waals surface area contributed by atoms with Crippen molar-refractivity contribution in [1.82, 2.24) is 19.9 Å². The molecule has 1 atom stereocenters. The minimum absolute atomic E-state index is 0.229. The van der Waals surface area contributed by atoms with Crippen molar-refractivity contribution < 1.29 is 52.0 Å². The van der Waals surface area contributed by atoms with Gasteiger partial charge in [-0.1, -0.05) is 72.8 Å². The second kappa shape index (κ2) is 36.9. The monoisotopic (exact) mass is 1530 g/mol. The fraction of sp³-hybridized carbons (Fsp3) is 0.209. The standard InChI is InChI=1S/C26H22N2O2S.C22H19FN2O2S.C22H20N2O3.C21H18N2O3/c1-4-30-25(29)26(2,3)31-19-11-9-18-15-28-16-24(23(18)13-19)22-12-10-17(14-27)20-7-5-6-8-21(20)22;1-4-27-21(26)22(2,3)28-16-7-6-15-12-25-13-19(18(15)10-16)17-8-5-14(11-24)9-20(17)23;1-4-26-21(25)22(2,3)27-18-10-9-17-13-24-14-20(19(17)11-18)16-7-5-15(12-23)6-8-16;1-3-25-21(24)14(2)26-18-9-8-17-12-23-13-20(19(17)10-18)16-6-4-15(11-22)5-7-16/h5-13,15-16H,4H2,1-3H3;5-10,12-13H,4H2,1-3H3;5-11,13-14H,4H2,1-3H3;4-10,12-14H,3H2,1-2H3. The molecule has 0 aliphatic carbocycles. The van der Waals surface area contributed by atoms with E-state index in [1.807, 2.05) is 180 Å². The quantitative estimate of drug-likeness (QED) is 0.0389. The summed E-state index contributed by atoms with van der Waals surface area (Å²) in [4.78, 5) is 67.5. The maximum atomic E-state index is 14.6. The van der Waals surface area contributed by atoms with E-state index in [9.17, 15) is 28.8 Å². The molecule has 0 radical (unpaired) electrons. The zero-order valence-electron chi connectivity index (χ0n) is 63.6. The number of hydrogen-bond donors (Lipinski definition) is 0. The first-order valence-electron chi connectivity index (χ1n) is 35.9. The van der Waals surface area contributed by atoms with Crippen molar-refractivity contribution in [3.8, 4) is 80.3 Å². The molecular formula is C91H79FN8O10S2. The number of benzene rings is 9. The van der Waals surface area contributed by atoms with Gasteiger partial charge in [0.15, 0.2) is 11.7 Å². The van der Waals surface area contributed by atoms with E-state index in [4.69, 9.17) is 44.2 Å². The van der Waals surface area contributed by atoms with Crippen molar-refractivity contribution in [2.45, 2.75) is 107 Å². The van der Waals surface area contributed by atoms with Crippen LogP contribution in [0.5, 0.6) is 11.5 Å². The number of rotatable bonds is 20. The molecule has 1 unspecified atom stereocenters. The van der Waals surface area contributed by atoms with E-state index >= 15 is 0 Å². The molecule has 0 saturated carbocycles. The summed E-state index contributed by atoms with van der Waals surface area (Å²) >= 11 is 2.88. The van der Waals surface area contributed by atoms with Crippen LogP contribution in [0.25, 0.3) is 98.4 Å². The lowest BCUT2D eigenvalue weighted by Gasteiger charge is -2.24. The molecule has 0 fully saturated rings. The number of fused-ring (bicyclic) bond motifs is 5. The summed E-state index contributed by atoms with van der Waals surface area (Å²) in [5, 5.41) is 45.9. The molecule has 112 heavy (non-hydrogen) atoms. The van der Waals surface area contributed by atoms with E-state index in [2.05, 4.69) is 44.2 Å². The van der Waals surface area contributed by atoms with E-state index in [0.717, 1.165) is 97.0 Å². The van der Waals surface area contributed by atoms with Gasteiger partial charge in [-0.2, -0.15) is 21.0 Å². The van der Waals surface area contributed by atoms with Crippen molar-refractivity contribution in [3.05, 3.63) is 254 Å². The highest BCUT2D eigenvalue weighted by Gasteiger charge is 2.34. The number of nitriles is 4. The highest BCUT2D eigenvalue weighted by molar-refractivity contribution is 8.01. The van der Waals surface area contributed by atoms with Crippen molar-refractivity contribution in [2.75, 3.05) is 26.4 Å². The fourth-order valence-electron chi connectivity index (χ4n) is 12.0. The van der Waals surface area contributed by atoms with Crippen LogP contribution in [0.2, 0.25) is 0 Å². The Morgan fingerprint density at radius 3 is 1.26 bits per heavy atom. The number of nitrogens with zero attached hydrogens (tertiary/aromatic N) is 8. The number of thioether (sulfide) groups is 2. The van der Waals surface area contributed by atoms with Crippen LogP contribution in [0.4, 0.5) is 4.39 Å². The maximum absolute atomic E-state index is 14.6. The van der Waals surface area contributed by atoms with Crippen LogP contribution >= 0.6 is 23.5 Å². The SMILES string of the molecule is CCOC(=O)C(C)(C)Oc1ccc2cncc(-c3ccc(C#N)cc3)c2c1.CCOC(=O)C(C)(C)Sc1ccc2cncc(-c3ccc(C#N)c4ccccc34)c2c1.CCOC(=O)C(C)(C)Sc1ccc2cncc(-c3ccc(C#N)cc3F)c2c1.CCOC(=O)C(C)Oc1ccc2cncc(-c3ccc(C#N)cc3)c2c1. The number of carbonyl (C=O) groups is 4. The summed E-state index contributed by atoms with van der Waals surface area (Å²) in [5.41, 5.74) is 7.84. The summed E-state index contributed by atoms with van der Waals surface area (Å²) in [6, 6.07) is 62.4. The van der Waals surface area contributed by atoms with Crippen LogP contribution in [-0.4, -0.2) is 91.4 Å². The van der Waals surface area contributed by atoms with Gasteiger partial charge in [0.25, 0.3) is 0 Å². The smallest absolute Gasteiger partial charge is 0.349 e. The van der Waals surface area contributed by atoms with Gasteiger partial charge in [-0.3, -0.25) is 29.5 Å². The van der Waals surface area contributed by atoms with E-state index in [1.54, 1.807) is 115 Å². The summed E-state index contributed by atoms with van der Waals surface area (Å²) in [6.45, 7) is 20.8. The Morgan fingerprint density at radius 1 is 0.402 bits per heavy atom. The topological polar surface area (TPSA) is 270 Å². The summed E-state index contributed by atoms with van der Waals surface area (Å²) < 4.78 is 45.2. The third kappa shape index (κ3) is 19.7. The fourth-order valence-corrected chi connectivity index (χ4v) is 14.1. The van der Waals surface area contributed by atoms with Gasteiger partial charge < -0.3 is 28.4 Å². The summed E-state index contributed by atoms with van der Waals surface area (Å²) in [6.07, 6.45) is 13.5. The zero-order valence-corrected chi connectivity index (χ0v) is 65.3. The second-order valence-electron chi connectivity index (χ2n) is 26.8. The number of hydrogen-bond acceptors (Lipinski definition) is 20. The zero-order chi connectivity index (χ0) is 80.3. The lowest BCUT2D eigenvalue weighted by atomic mass is 9.93. The van der Waals surface area contributed by atoms with Gasteiger partial charge in [-0.25, -0.2) is 14.0 Å². The molecule has 0 aliphatic rings. The molecule has 0 N–H and O–H groups in total. The molecule has 18 nitrogen and oxygen atoms in total. The number of halogens is 1. The molecule has 0 aliphatic heterocycles. The predicted molar refractivity (Wildman–Crippen MR) is 436 cm³/mol. The van der Waals surface area contributed by atoms with Gasteiger partial charge in [-0.05, 0) is 223 Å². The molecule has 4 aromatic heterocycles. The largest absolute Gasteiger partial charge is 0.479 e. The number of carbonyl (C=O) groups excluding carboxylic acids is 4. The Kier molecular flexibility index (Phi) is 26.8. The van der Waals surface area contributed by atoms with Gasteiger partial charge in [-0.15, -0.1) is 23.5 Å².